The third-order valence-corrected chi connectivity index (χ3v) is 10.3. The van der Waals surface area contributed by atoms with E-state index in [0.29, 0.717) is 0 Å². The molecule has 0 aliphatic heterocycles. The van der Waals surface area contributed by atoms with Gasteiger partial charge in [0.25, 0.3) is 0 Å². The van der Waals surface area contributed by atoms with Crippen LogP contribution in [0.5, 0.6) is 0 Å². The molecule has 2 radical (unpaired) electrons. The molecule has 4 heteroatoms. The van der Waals surface area contributed by atoms with Crippen LogP contribution in [0.3, 0.4) is 0 Å². The molecule has 0 fully saturated rings. The molecule has 0 aliphatic carbocycles. The predicted octanol–water partition coefficient (Wildman–Crippen LogP) is 9.27. The molecule has 0 rings (SSSR count). The minimum atomic E-state index is -0.702. The van der Waals surface area contributed by atoms with Crippen LogP contribution in [0.4, 0.5) is 0 Å². The average molecular weight is 549 g/mol. The Bertz CT molecular complexity index is 310. The van der Waals surface area contributed by atoms with Crippen LogP contribution < -0.4 is 0 Å². The molecular weight excluding hydrogens is 495 g/mol. The average Bonchev–Trinajstić information content (AvgIpc) is 2.71. The van der Waals surface area contributed by atoms with Crippen LogP contribution in [0.2, 0.25) is 8.87 Å². The second-order valence-electron chi connectivity index (χ2n) is 8.98. The van der Waals surface area contributed by atoms with Gasteiger partial charge in [0.15, 0.2) is 0 Å². The van der Waals surface area contributed by atoms with Gasteiger partial charge in [-0.1, -0.05) is 33.1 Å². The van der Waals surface area contributed by atoms with Crippen LogP contribution >= 0.6 is 11.8 Å². The van der Waals surface area contributed by atoms with Gasteiger partial charge >= 0.3 is 127 Å². The van der Waals surface area contributed by atoms with Crippen molar-refractivity contribution in [2.24, 2.45) is 5.92 Å². The zero-order valence-corrected chi connectivity index (χ0v) is 24.7. The van der Waals surface area contributed by atoms with Gasteiger partial charge in [0, 0.05) is 0 Å². The van der Waals surface area contributed by atoms with Crippen molar-refractivity contribution in [2.45, 2.75) is 139 Å². The summed E-state index contributed by atoms with van der Waals surface area (Å²) in [6, 6.07) is 0. The van der Waals surface area contributed by atoms with Gasteiger partial charge in [0.2, 0.25) is 0 Å². The van der Waals surface area contributed by atoms with Crippen LogP contribution in [-0.4, -0.2) is 43.7 Å². The summed E-state index contributed by atoms with van der Waals surface area (Å²) in [5, 5.41) is 8.37. The molecule has 0 aromatic rings. The fraction of sp³-hybridized carbons (Fsp3) is 0.962. The first-order valence-corrected chi connectivity index (χ1v) is 18.2. The van der Waals surface area contributed by atoms with Gasteiger partial charge in [0.05, 0.1) is 5.75 Å². The van der Waals surface area contributed by atoms with Crippen molar-refractivity contribution >= 4 is 38.9 Å². The van der Waals surface area contributed by atoms with Crippen LogP contribution in [0.25, 0.3) is 0 Å². The van der Waals surface area contributed by atoms with E-state index in [9.17, 15) is 4.79 Å². The number of carbonyl (C=O) groups is 1. The number of rotatable bonds is 22. The molecular formula is C26H54O2SSn. The van der Waals surface area contributed by atoms with E-state index in [1.54, 1.807) is 21.7 Å². The number of carboxylic acids is 1. The molecule has 0 unspecified atom stereocenters. The van der Waals surface area contributed by atoms with Gasteiger partial charge in [-0.25, -0.2) is 0 Å². The number of carboxylic acid groups (broad SMARTS) is 1. The first-order valence-electron chi connectivity index (χ1n) is 13.0. The third kappa shape index (κ3) is 36.0. The third-order valence-electron chi connectivity index (χ3n) is 5.21. The molecule has 0 aromatic heterocycles. The second kappa shape index (κ2) is 29.6. The van der Waals surface area contributed by atoms with Crippen molar-refractivity contribution < 1.29 is 9.90 Å². The molecule has 180 valence electrons. The molecule has 0 aliphatic rings. The van der Waals surface area contributed by atoms with Gasteiger partial charge in [-0.3, -0.25) is 4.79 Å². The number of aliphatic carboxylic acids is 1. The maximum absolute atomic E-state index is 10.2. The zero-order chi connectivity index (χ0) is 22.7. The Morgan fingerprint density at radius 3 is 1.67 bits per heavy atom. The van der Waals surface area contributed by atoms with E-state index in [1.165, 1.54) is 95.2 Å². The van der Waals surface area contributed by atoms with Crippen molar-refractivity contribution in [3.63, 3.8) is 0 Å². The van der Waals surface area contributed by atoms with Crippen LogP contribution in [0.15, 0.2) is 0 Å². The summed E-state index contributed by atoms with van der Waals surface area (Å²) >= 11 is 1.59. The maximum atomic E-state index is 10.2. The Balaban J connectivity index is 0. The Morgan fingerprint density at radius 2 is 1.20 bits per heavy atom. The van der Waals surface area contributed by atoms with Crippen molar-refractivity contribution in [3.05, 3.63) is 0 Å². The van der Waals surface area contributed by atoms with E-state index in [4.69, 9.17) is 5.11 Å². The second-order valence-corrected chi connectivity index (χ2v) is 14.4. The van der Waals surface area contributed by atoms with E-state index in [0.717, 1.165) is 18.1 Å². The predicted molar refractivity (Wildman–Crippen MR) is 140 cm³/mol. The van der Waals surface area contributed by atoms with Crippen LogP contribution in [0, 0.1) is 5.92 Å². The topological polar surface area (TPSA) is 37.3 Å². The van der Waals surface area contributed by atoms with E-state index in [-0.39, 0.29) is 26.9 Å². The van der Waals surface area contributed by atoms with Gasteiger partial charge in [-0.05, 0) is 18.1 Å². The fourth-order valence-electron chi connectivity index (χ4n) is 3.28. The minimum absolute atomic E-state index is 0.0736. The zero-order valence-electron chi connectivity index (χ0n) is 21.0. The Labute approximate surface area is 204 Å². The van der Waals surface area contributed by atoms with Crippen molar-refractivity contribution in [1.82, 2.24) is 0 Å². The van der Waals surface area contributed by atoms with E-state index < -0.39 is 5.97 Å². The molecule has 0 atom stereocenters. The van der Waals surface area contributed by atoms with Gasteiger partial charge in [0.1, 0.15) is 0 Å². The molecule has 0 aromatic carbocycles. The monoisotopic (exact) mass is 550 g/mol. The summed E-state index contributed by atoms with van der Waals surface area (Å²) in [5.41, 5.74) is 0. The standard InChI is InChI=1S/C10H20O2S.2C8H17.Sn/c1-9(2)6-4-3-5-7-13-8-10(11)12;2*1-3-5-7-8-6-4-2;/h9H,3-8H2,1-2H3,(H,11,12);2*1,3-8H2,2H3;. The Hall–Kier alpha value is 0.619. The molecule has 0 heterocycles. The summed E-state index contributed by atoms with van der Waals surface area (Å²) in [5.74, 6) is 1.34. The first kappa shape index (κ1) is 32.8. The summed E-state index contributed by atoms with van der Waals surface area (Å²) in [6.45, 7) is 9.07. The van der Waals surface area contributed by atoms with E-state index in [1.807, 2.05) is 0 Å². The Kier molecular flexibility index (Phi) is 32.4. The number of unbranched alkanes of at least 4 members (excludes halogenated alkanes) is 12. The van der Waals surface area contributed by atoms with Gasteiger partial charge in [-0.2, -0.15) is 11.8 Å². The normalized spacial score (nSPS) is 10.8. The molecule has 0 saturated heterocycles. The summed E-state index contributed by atoms with van der Waals surface area (Å²) < 4.78 is 3.31. The quantitative estimate of drug-likeness (QED) is 0.108. The Morgan fingerprint density at radius 1 is 0.733 bits per heavy atom. The first-order chi connectivity index (χ1) is 14.5. The van der Waals surface area contributed by atoms with E-state index in [2.05, 4.69) is 27.7 Å². The molecule has 30 heavy (non-hydrogen) atoms. The molecule has 0 amide bonds. The van der Waals surface area contributed by atoms with Crippen molar-refractivity contribution in [2.75, 3.05) is 11.5 Å². The SMILES string of the molecule is CC(C)CCCCCSCC(=O)O.CCCCCCC[CH2][Sn][CH2]CCCCCCC. The van der Waals surface area contributed by atoms with Gasteiger partial charge in [-0.15, -0.1) is 0 Å². The van der Waals surface area contributed by atoms with Crippen LogP contribution in [-0.2, 0) is 4.79 Å². The molecule has 0 spiro atoms. The number of thioether (sulfide) groups is 1. The molecule has 0 bridgehead atoms. The van der Waals surface area contributed by atoms with Gasteiger partial charge < -0.3 is 5.11 Å². The van der Waals surface area contributed by atoms with Crippen molar-refractivity contribution in [3.8, 4) is 0 Å². The molecule has 2 nitrogen and oxygen atoms in total. The molecule has 1 N–H and O–H groups in total. The summed E-state index contributed by atoms with van der Waals surface area (Å²) in [4.78, 5) is 10.2. The van der Waals surface area contributed by atoms with Crippen molar-refractivity contribution in [1.29, 1.82) is 0 Å². The summed E-state index contributed by atoms with van der Waals surface area (Å²) in [6.07, 6.45) is 22.8. The number of hydrogen-bond acceptors (Lipinski definition) is 2. The van der Waals surface area contributed by atoms with Crippen LogP contribution in [0.1, 0.15) is 130 Å². The summed E-state index contributed by atoms with van der Waals surface area (Å²) in [7, 11) is 0. The molecule has 0 saturated carbocycles. The number of hydrogen-bond donors (Lipinski definition) is 1. The van der Waals surface area contributed by atoms with E-state index >= 15 is 0 Å². The fourth-order valence-corrected chi connectivity index (χ4v) is 7.57.